The first-order valence-electron chi connectivity index (χ1n) is 9.70. The summed E-state index contributed by atoms with van der Waals surface area (Å²) in [6, 6.07) is -0.962. The van der Waals surface area contributed by atoms with Gasteiger partial charge in [-0.25, -0.2) is 14.6 Å². The number of nitrogens with one attached hydrogen (secondary N) is 1. The zero-order chi connectivity index (χ0) is 25.0. The number of oxime groups is 1. The summed E-state index contributed by atoms with van der Waals surface area (Å²) in [7, 11) is 4.34. The number of carbonyl (C=O) groups is 4. The van der Waals surface area contributed by atoms with Gasteiger partial charge in [0.2, 0.25) is 0 Å². The monoisotopic (exact) mass is 510 g/mol. The van der Waals surface area contributed by atoms with Crippen molar-refractivity contribution >= 4 is 57.8 Å². The fourth-order valence-electron chi connectivity index (χ4n) is 3.11. The number of amides is 3. The molecule has 0 bridgehead atoms. The van der Waals surface area contributed by atoms with Crippen LogP contribution in [0.2, 0.25) is 0 Å². The fraction of sp³-hybridized carbons (Fsp3) is 0.368. The maximum atomic E-state index is 12.8. The van der Waals surface area contributed by atoms with E-state index in [1.54, 1.807) is 0 Å². The van der Waals surface area contributed by atoms with Crippen molar-refractivity contribution in [2.45, 2.75) is 11.4 Å². The summed E-state index contributed by atoms with van der Waals surface area (Å²) in [5, 5.41) is 17.1. The standard InChI is InChI=1S/C19H22N6O7S2/c1-24(2)19(30)32-6-4-5-9-7-33-16-12(15(27)25(16)13(9)17(28)29)22-14(26)11(23-31-3)10-8-34-18(20)21-10/h4-5,8,12,16H,6-7H2,1-3H3,(H2,20,21)(H,22,26)(H,28,29)/b5-4-,23-11-/t12-,16-/m1/s1. The van der Waals surface area contributed by atoms with Gasteiger partial charge in [-0.15, -0.1) is 23.1 Å². The maximum absolute atomic E-state index is 12.8. The molecule has 0 radical (unpaired) electrons. The second-order valence-corrected chi connectivity index (χ2v) is 9.10. The van der Waals surface area contributed by atoms with E-state index in [1.165, 1.54) is 55.4 Å². The lowest BCUT2D eigenvalue weighted by molar-refractivity contribution is -0.150. The van der Waals surface area contributed by atoms with Gasteiger partial charge in [-0.05, 0) is 11.6 Å². The number of nitrogen functional groups attached to an aromatic ring is 1. The summed E-state index contributed by atoms with van der Waals surface area (Å²) in [5.41, 5.74) is 5.84. The minimum atomic E-state index is -1.28. The van der Waals surface area contributed by atoms with E-state index in [2.05, 4.69) is 15.5 Å². The summed E-state index contributed by atoms with van der Waals surface area (Å²) in [6.45, 7) is -0.0587. The molecule has 1 aromatic heterocycles. The minimum Gasteiger partial charge on any atom is -0.477 e. The molecule has 3 heterocycles. The van der Waals surface area contributed by atoms with Crippen molar-refractivity contribution in [2.24, 2.45) is 5.16 Å². The molecule has 2 atom stereocenters. The topological polar surface area (TPSA) is 177 Å². The predicted molar refractivity (Wildman–Crippen MR) is 124 cm³/mol. The van der Waals surface area contributed by atoms with Crippen molar-refractivity contribution in [1.82, 2.24) is 20.1 Å². The van der Waals surface area contributed by atoms with Crippen LogP contribution < -0.4 is 11.1 Å². The van der Waals surface area contributed by atoms with Gasteiger partial charge in [-0.3, -0.25) is 14.5 Å². The van der Waals surface area contributed by atoms with E-state index >= 15 is 0 Å². The Balaban J connectivity index is 1.72. The average molecular weight is 511 g/mol. The molecule has 0 unspecified atom stereocenters. The van der Waals surface area contributed by atoms with Crippen LogP contribution in [0.1, 0.15) is 5.69 Å². The van der Waals surface area contributed by atoms with Crippen LogP contribution in [-0.4, -0.2) is 94.5 Å². The number of nitrogens with zero attached hydrogens (tertiary/aromatic N) is 4. The molecule has 0 aromatic carbocycles. The summed E-state index contributed by atoms with van der Waals surface area (Å²) in [6.07, 6.45) is 2.46. The lowest BCUT2D eigenvalue weighted by atomic mass is 10.0. The predicted octanol–water partition coefficient (Wildman–Crippen LogP) is 0.0688. The minimum absolute atomic E-state index is 0.0587. The van der Waals surface area contributed by atoms with Crippen LogP contribution in [-0.2, 0) is 24.0 Å². The molecule has 0 aliphatic carbocycles. The fourth-order valence-corrected chi connectivity index (χ4v) is 4.98. The molecule has 3 rings (SSSR count). The Morgan fingerprint density at radius 3 is 2.76 bits per heavy atom. The largest absolute Gasteiger partial charge is 0.477 e. The number of aliphatic carboxylic acids is 1. The molecule has 1 saturated heterocycles. The molecule has 4 N–H and O–H groups in total. The molecule has 182 valence electrons. The molecule has 1 aromatic rings. The van der Waals surface area contributed by atoms with Gasteiger partial charge in [0.1, 0.15) is 36.5 Å². The summed E-state index contributed by atoms with van der Waals surface area (Å²) >= 11 is 2.40. The summed E-state index contributed by atoms with van der Waals surface area (Å²) in [4.78, 5) is 60.0. The molecular formula is C19H22N6O7S2. The first kappa shape index (κ1) is 25.0. The van der Waals surface area contributed by atoms with Crippen molar-refractivity contribution in [3.8, 4) is 0 Å². The first-order chi connectivity index (χ1) is 16.1. The molecule has 3 amide bonds. The number of hydrogen-bond donors (Lipinski definition) is 3. The van der Waals surface area contributed by atoms with Crippen LogP contribution in [0.3, 0.4) is 0 Å². The van der Waals surface area contributed by atoms with E-state index in [-0.39, 0.29) is 34.6 Å². The van der Waals surface area contributed by atoms with Gasteiger partial charge in [-0.1, -0.05) is 11.2 Å². The van der Waals surface area contributed by atoms with Crippen molar-refractivity contribution in [3.05, 3.63) is 34.5 Å². The zero-order valence-electron chi connectivity index (χ0n) is 18.4. The molecule has 34 heavy (non-hydrogen) atoms. The molecule has 2 aliphatic heterocycles. The van der Waals surface area contributed by atoms with E-state index < -0.39 is 35.3 Å². The Hall–Kier alpha value is -3.59. The molecule has 13 nitrogen and oxygen atoms in total. The van der Waals surface area contributed by atoms with Gasteiger partial charge in [0, 0.05) is 25.2 Å². The van der Waals surface area contributed by atoms with E-state index in [0.717, 1.165) is 16.2 Å². The highest BCUT2D eigenvalue weighted by molar-refractivity contribution is 8.00. The summed E-state index contributed by atoms with van der Waals surface area (Å²) < 4.78 is 4.98. The number of nitrogens with two attached hydrogens (primary N) is 1. The highest BCUT2D eigenvalue weighted by atomic mass is 32.2. The van der Waals surface area contributed by atoms with Crippen LogP contribution in [0.15, 0.2) is 34.0 Å². The van der Waals surface area contributed by atoms with Crippen LogP contribution in [0, 0.1) is 0 Å². The Bertz CT molecular complexity index is 1100. The Kier molecular flexibility index (Phi) is 7.78. The summed E-state index contributed by atoms with van der Waals surface area (Å²) in [5.74, 6) is -2.31. The third-order valence-corrected chi connectivity index (χ3v) is 6.61. The quantitative estimate of drug-likeness (QED) is 0.246. The van der Waals surface area contributed by atoms with Gasteiger partial charge < -0.3 is 30.6 Å². The number of anilines is 1. The maximum Gasteiger partial charge on any atom is 0.409 e. The van der Waals surface area contributed by atoms with Crippen molar-refractivity contribution in [2.75, 3.05) is 39.3 Å². The normalized spacial score (nSPS) is 20.0. The molecule has 15 heteroatoms. The van der Waals surface area contributed by atoms with E-state index in [1.807, 2.05) is 0 Å². The number of rotatable bonds is 8. The van der Waals surface area contributed by atoms with Crippen molar-refractivity contribution in [3.63, 3.8) is 0 Å². The van der Waals surface area contributed by atoms with Gasteiger partial charge in [0.15, 0.2) is 10.8 Å². The average Bonchev–Trinajstić information content (AvgIpc) is 3.23. The number of fused-ring (bicyclic) bond motifs is 1. The van der Waals surface area contributed by atoms with Gasteiger partial charge in [0.25, 0.3) is 11.8 Å². The zero-order valence-corrected chi connectivity index (χ0v) is 20.0. The molecule has 0 saturated carbocycles. The number of allylic oxidation sites excluding steroid dienone is 1. The highest BCUT2D eigenvalue weighted by Gasteiger charge is 2.54. The number of ether oxygens (including phenoxy) is 1. The molecule has 2 aliphatic rings. The lowest BCUT2D eigenvalue weighted by Gasteiger charge is -2.49. The molecule has 0 spiro atoms. The van der Waals surface area contributed by atoms with Crippen molar-refractivity contribution in [1.29, 1.82) is 0 Å². The first-order valence-corrected chi connectivity index (χ1v) is 11.6. The number of hydrogen-bond acceptors (Lipinski definition) is 11. The second kappa shape index (κ2) is 10.6. The van der Waals surface area contributed by atoms with Crippen molar-refractivity contribution < 1.29 is 33.9 Å². The molecular weight excluding hydrogens is 488 g/mol. The number of aromatic nitrogens is 1. The van der Waals surface area contributed by atoms with Crippen LogP contribution >= 0.6 is 23.1 Å². The second-order valence-electron chi connectivity index (χ2n) is 7.11. The smallest absolute Gasteiger partial charge is 0.409 e. The highest BCUT2D eigenvalue weighted by Crippen LogP contribution is 2.40. The number of thioether (sulfide) groups is 1. The number of carboxylic acids is 1. The Morgan fingerprint density at radius 2 is 2.18 bits per heavy atom. The van der Waals surface area contributed by atoms with Gasteiger partial charge in [-0.2, -0.15) is 0 Å². The third-order valence-electron chi connectivity index (χ3n) is 4.64. The van der Waals surface area contributed by atoms with Crippen LogP contribution in [0.25, 0.3) is 0 Å². The van der Waals surface area contributed by atoms with Gasteiger partial charge >= 0.3 is 12.1 Å². The molecule has 1 fully saturated rings. The van der Waals surface area contributed by atoms with E-state index in [9.17, 15) is 24.3 Å². The number of thiazole rings is 1. The number of carboxylic acid groups (broad SMARTS) is 1. The SMILES string of the molecule is CO/N=C(\C(=O)N[C@@H]1C(=O)N2C(C(=O)O)=C(/C=C\COC(=O)N(C)C)CS[C@H]12)c1csc(N)n1. The van der Waals surface area contributed by atoms with E-state index in [0.29, 0.717) is 5.57 Å². The third kappa shape index (κ3) is 5.14. The lowest BCUT2D eigenvalue weighted by Crippen LogP contribution is -2.71. The number of β-lactam (4-membered cyclic amide) rings is 1. The number of carbonyl (C=O) groups excluding carboxylic acids is 3. The Labute approximate surface area is 202 Å². The van der Waals surface area contributed by atoms with Crippen LogP contribution in [0.5, 0.6) is 0 Å². The van der Waals surface area contributed by atoms with Gasteiger partial charge in [0.05, 0.1) is 0 Å². The van der Waals surface area contributed by atoms with E-state index in [4.69, 9.17) is 15.3 Å². The Morgan fingerprint density at radius 1 is 1.44 bits per heavy atom. The van der Waals surface area contributed by atoms with Crippen LogP contribution in [0.4, 0.5) is 9.93 Å².